The molecule has 1 aliphatic heterocycles. The Kier molecular flexibility index (Phi) is 8.67. The number of rotatable bonds is 5. The van der Waals surface area contributed by atoms with Gasteiger partial charge in [-0.1, -0.05) is 208 Å². The van der Waals surface area contributed by atoms with Gasteiger partial charge in [0.15, 0.2) is 17.5 Å². The highest BCUT2D eigenvalue weighted by Crippen LogP contribution is 2.61. The zero-order valence-corrected chi connectivity index (χ0v) is 35.8. The minimum Gasteiger partial charge on any atom is -0.208 e. The molecule has 10 aromatic rings. The number of fused-ring (bicyclic) bond motifs is 9. The molecule has 1 aliphatic carbocycles. The summed E-state index contributed by atoms with van der Waals surface area (Å²) in [7, 11) is 0. The Morgan fingerprint density at radius 2 is 0.794 bits per heavy atom. The van der Waals surface area contributed by atoms with Crippen molar-refractivity contribution in [1.82, 2.24) is 15.0 Å². The standard InChI is InChI=1S/C59H41N3S/c1-58(2)47-26-11-13-28-49(47)59(50-29-14-12-27-48(50)58)51-30-15-16-31-53(51)63-54-35-32-41(37-52(54)59)40-22-17-23-42(36-40)56-60-55(39-20-7-4-8-21-39)61-57(62-56)46-34-33-43(38-18-5-3-6-19-38)44-24-9-10-25-45(44)46/h3-37H,1-2H3. The van der Waals surface area contributed by atoms with E-state index >= 15 is 0 Å². The molecule has 0 bridgehead atoms. The maximum atomic E-state index is 5.29. The summed E-state index contributed by atoms with van der Waals surface area (Å²) < 4.78 is 0. The summed E-state index contributed by atoms with van der Waals surface area (Å²) in [6, 6.07) is 76.8. The van der Waals surface area contributed by atoms with Crippen LogP contribution in [0.3, 0.4) is 0 Å². The van der Waals surface area contributed by atoms with Gasteiger partial charge in [0.2, 0.25) is 0 Å². The molecule has 0 amide bonds. The smallest absolute Gasteiger partial charge is 0.164 e. The largest absolute Gasteiger partial charge is 0.208 e. The summed E-state index contributed by atoms with van der Waals surface area (Å²) in [6.07, 6.45) is 0. The molecule has 1 aromatic heterocycles. The SMILES string of the molecule is CC1(C)c2ccccc2C2(c3ccccc3Sc3ccc(-c4cccc(-c5nc(-c6ccccc6)nc(-c6ccc(-c7ccccc7)c7ccccc67)n5)c4)cc32)c2ccccc21. The van der Waals surface area contributed by atoms with Crippen LogP contribution in [0.4, 0.5) is 0 Å². The molecule has 1 spiro atoms. The number of hydrogen-bond acceptors (Lipinski definition) is 4. The van der Waals surface area contributed by atoms with Crippen molar-refractivity contribution in [2.24, 2.45) is 0 Å². The predicted molar refractivity (Wildman–Crippen MR) is 259 cm³/mol. The normalized spacial score (nSPS) is 14.1. The van der Waals surface area contributed by atoms with Crippen LogP contribution in [-0.4, -0.2) is 15.0 Å². The molecule has 0 atom stereocenters. The second kappa shape index (κ2) is 14.6. The monoisotopic (exact) mass is 823 g/mol. The lowest BCUT2D eigenvalue weighted by molar-refractivity contribution is 0.549. The van der Waals surface area contributed by atoms with Crippen molar-refractivity contribution in [2.75, 3.05) is 0 Å². The molecule has 0 fully saturated rings. The molecule has 0 N–H and O–H groups in total. The van der Waals surface area contributed by atoms with E-state index in [0.29, 0.717) is 17.5 Å². The Bertz CT molecular complexity index is 3360. The first-order chi connectivity index (χ1) is 31.0. The lowest BCUT2D eigenvalue weighted by atomic mass is 9.54. The molecule has 2 aliphatic rings. The summed E-state index contributed by atoms with van der Waals surface area (Å²) in [5.74, 6) is 1.92. The van der Waals surface area contributed by atoms with Crippen LogP contribution >= 0.6 is 11.8 Å². The zero-order valence-electron chi connectivity index (χ0n) is 35.0. The highest BCUT2D eigenvalue weighted by molar-refractivity contribution is 7.99. The van der Waals surface area contributed by atoms with E-state index in [-0.39, 0.29) is 5.41 Å². The number of nitrogens with zero attached hydrogens (tertiary/aromatic N) is 3. The molecular formula is C59H41N3S. The second-order valence-electron chi connectivity index (χ2n) is 17.1. The number of aromatic nitrogens is 3. The topological polar surface area (TPSA) is 38.7 Å². The van der Waals surface area contributed by atoms with Crippen molar-refractivity contribution in [3.63, 3.8) is 0 Å². The fraction of sp³-hybridized carbons (Fsp3) is 0.0678. The van der Waals surface area contributed by atoms with E-state index in [1.165, 1.54) is 54.3 Å². The molecule has 3 nitrogen and oxygen atoms in total. The molecule has 0 unspecified atom stereocenters. The van der Waals surface area contributed by atoms with Crippen LogP contribution < -0.4 is 0 Å². The minimum absolute atomic E-state index is 0.164. The molecule has 0 saturated carbocycles. The summed E-state index contributed by atoms with van der Waals surface area (Å²) in [4.78, 5) is 18.2. The van der Waals surface area contributed by atoms with E-state index in [0.717, 1.165) is 38.6 Å². The Labute approximate surface area is 372 Å². The van der Waals surface area contributed by atoms with Crippen molar-refractivity contribution in [2.45, 2.75) is 34.5 Å². The summed E-state index contributed by atoms with van der Waals surface area (Å²) in [5, 5.41) is 2.25. The molecule has 298 valence electrons. The van der Waals surface area contributed by atoms with Crippen LogP contribution in [0, 0.1) is 0 Å². The van der Waals surface area contributed by atoms with Gasteiger partial charge < -0.3 is 0 Å². The van der Waals surface area contributed by atoms with Gasteiger partial charge in [0, 0.05) is 31.9 Å². The van der Waals surface area contributed by atoms with Crippen molar-refractivity contribution < 1.29 is 0 Å². The summed E-state index contributed by atoms with van der Waals surface area (Å²) >= 11 is 1.88. The van der Waals surface area contributed by atoms with E-state index in [1.807, 2.05) is 30.0 Å². The molecule has 9 aromatic carbocycles. The van der Waals surface area contributed by atoms with Crippen LogP contribution in [0.2, 0.25) is 0 Å². The molecule has 0 saturated heterocycles. The van der Waals surface area contributed by atoms with Gasteiger partial charge in [0.25, 0.3) is 0 Å². The van der Waals surface area contributed by atoms with Crippen molar-refractivity contribution in [1.29, 1.82) is 0 Å². The Morgan fingerprint density at radius 3 is 1.49 bits per heavy atom. The van der Waals surface area contributed by atoms with E-state index in [4.69, 9.17) is 15.0 Å². The van der Waals surface area contributed by atoms with E-state index in [9.17, 15) is 0 Å². The van der Waals surface area contributed by atoms with Gasteiger partial charge in [-0.15, -0.1) is 0 Å². The van der Waals surface area contributed by atoms with E-state index in [1.54, 1.807) is 0 Å². The van der Waals surface area contributed by atoms with Crippen molar-refractivity contribution >= 4 is 22.5 Å². The van der Waals surface area contributed by atoms with Crippen LogP contribution in [0.25, 0.3) is 67.2 Å². The first-order valence-electron chi connectivity index (χ1n) is 21.6. The van der Waals surface area contributed by atoms with Crippen LogP contribution in [0.15, 0.2) is 222 Å². The predicted octanol–water partition coefficient (Wildman–Crippen LogP) is 14.8. The van der Waals surface area contributed by atoms with Crippen LogP contribution in [0.5, 0.6) is 0 Å². The fourth-order valence-corrected chi connectivity index (χ4v) is 11.5. The quantitative estimate of drug-likeness (QED) is 0.173. The van der Waals surface area contributed by atoms with Crippen molar-refractivity contribution in [3.05, 3.63) is 246 Å². The Balaban J connectivity index is 1.04. The average molecular weight is 824 g/mol. The first kappa shape index (κ1) is 37.4. The van der Waals surface area contributed by atoms with E-state index in [2.05, 4.69) is 208 Å². The molecule has 63 heavy (non-hydrogen) atoms. The average Bonchev–Trinajstić information content (AvgIpc) is 3.35. The zero-order chi connectivity index (χ0) is 42.1. The Morgan fingerprint density at radius 1 is 0.317 bits per heavy atom. The van der Waals surface area contributed by atoms with Gasteiger partial charge in [-0.25, -0.2) is 15.0 Å². The lowest BCUT2D eigenvalue weighted by Gasteiger charge is -2.50. The molecule has 4 heteroatoms. The molecular weight excluding hydrogens is 783 g/mol. The highest BCUT2D eigenvalue weighted by atomic mass is 32.2. The van der Waals surface area contributed by atoms with Crippen molar-refractivity contribution in [3.8, 4) is 56.4 Å². The fourth-order valence-electron chi connectivity index (χ4n) is 10.3. The van der Waals surface area contributed by atoms with Gasteiger partial charge in [-0.2, -0.15) is 0 Å². The van der Waals surface area contributed by atoms with Crippen LogP contribution in [0.1, 0.15) is 47.2 Å². The third-order valence-corrected chi connectivity index (χ3v) is 14.4. The molecule has 0 radical (unpaired) electrons. The first-order valence-corrected chi connectivity index (χ1v) is 22.4. The van der Waals surface area contributed by atoms with Gasteiger partial charge in [0.1, 0.15) is 0 Å². The minimum atomic E-state index is -0.500. The highest BCUT2D eigenvalue weighted by Gasteiger charge is 2.52. The Hall–Kier alpha value is -7.40. The third kappa shape index (κ3) is 5.86. The lowest BCUT2D eigenvalue weighted by Crippen LogP contribution is -2.43. The number of hydrogen-bond donors (Lipinski definition) is 0. The second-order valence-corrected chi connectivity index (χ2v) is 18.2. The summed E-state index contributed by atoms with van der Waals surface area (Å²) in [5.41, 5.74) is 14.9. The summed E-state index contributed by atoms with van der Waals surface area (Å²) in [6.45, 7) is 4.75. The van der Waals surface area contributed by atoms with Gasteiger partial charge in [0.05, 0.1) is 5.41 Å². The van der Waals surface area contributed by atoms with Gasteiger partial charge >= 0.3 is 0 Å². The maximum absolute atomic E-state index is 5.29. The maximum Gasteiger partial charge on any atom is 0.164 e. The van der Waals surface area contributed by atoms with Gasteiger partial charge in [-0.05, 0) is 96.7 Å². The van der Waals surface area contributed by atoms with Crippen LogP contribution in [-0.2, 0) is 10.8 Å². The molecule has 12 rings (SSSR count). The van der Waals surface area contributed by atoms with Gasteiger partial charge in [-0.3, -0.25) is 0 Å². The molecule has 2 heterocycles. The van der Waals surface area contributed by atoms with E-state index < -0.39 is 5.41 Å². The number of benzene rings is 9. The third-order valence-electron chi connectivity index (χ3n) is 13.3.